The second-order valence-electron chi connectivity index (χ2n) is 3.79. The minimum absolute atomic E-state index is 0.276. The minimum Gasteiger partial charge on any atom is -0.486 e. The third kappa shape index (κ3) is 1.53. The lowest BCUT2D eigenvalue weighted by atomic mass is 10.2. The van der Waals surface area contributed by atoms with E-state index in [9.17, 15) is 0 Å². The van der Waals surface area contributed by atoms with Crippen molar-refractivity contribution in [3.8, 4) is 23.3 Å². The van der Waals surface area contributed by atoms with E-state index in [0.717, 1.165) is 0 Å². The average molecular weight is 242 g/mol. The van der Waals surface area contributed by atoms with E-state index in [1.54, 1.807) is 29.1 Å². The number of imidazole rings is 1. The molecule has 0 atom stereocenters. The quantitative estimate of drug-likeness (QED) is 0.756. The van der Waals surface area contributed by atoms with Crippen molar-refractivity contribution in [2.24, 2.45) is 0 Å². The second kappa shape index (κ2) is 3.96. The summed E-state index contributed by atoms with van der Waals surface area (Å²) in [5, 5.41) is 8.97. The Morgan fingerprint density at radius 2 is 2.00 bits per heavy atom. The van der Waals surface area contributed by atoms with E-state index < -0.39 is 0 Å². The molecule has 90 valence electrons. The highest BCUT2D eigenvalue weighted by atomic mass is 16.6. The van der Waals surface area contributed by atoms with Crippen LogP contribution in [0, 0.1) is 11.3 Å². The van der Waals surface area contributed by atoms with Gasteiger partial charge in [-0.05, 0) is 0 Å². The zero-order chi connectivity index (χ0) is 12.5. The number of ether oxygens (including phenoxy) is 2. The fourth-order valence-electron chi connectivity index (χ4n) is 1.88. The molecule has 2 heterocycles. The van der Waals surface area contributed by atoms with Crippen LogP contribution in [0.15, 0.2) is 24.5 Å². The normalized spacial score (nSPS) is 13.1. The number of nitrogens with two attached hydrogens (primary N) is 1. The molecule has 0 radical (unpaired) electrons. The van der Waals surface area contributed by atoms with E-state index in [0.29, 0.717) is 36.1 Å². The lowest BCUT2D eigenvalue weighted by molar-refractivity contribution is 0.171. The molecule has 0 spiro atoms. The van der Waals surface area contributed by atoms with Crippen LogP contribution in [0.25, 0.3) is 5.69 Å². The molecule has 0 bridgehead atoms. The molecule has 0 unspecified atom stereocenters. The van der Waals surface area contributed by atoms with E-state index in [1.165, 1.54) is 0 Å². The van der Waals surface area contributed by atoms with Crippen molar-refractivity contribution in [1.82, 2.24) is 9.55 Å². The summed E-state index contributed by atoms with van der Waals surface area (Å²) in [5.74, 6) is 1.53. The van der Waals surface area contributed by atoms with Crippen LogP contribution in [0.4, 0.5) is 5.69 Å². The number of nitrogen functional groups attached to an aromatic ring is 1. The summed E-state index contributed by atoms with van der Waals surface area (Å²) in [6.07, 6.45) is 3.23. The van der Waals surface area contributed by atoms with Crippen LogP contribution < -0.4 is 15.2 Å². The summed E-state index contributed by atoms with van der Waals surface area (Å²) in [6, 6.07) is 5.46. The number of rotatable bonds is 1. The van der Waals surface area contributed by atoms with Gasteiger partial charge in [0.25, 0.3) is 0 Å². The highest BCUT2D eigenvalue weighted by Gasteiger charge is 2.16. The van der Waals surface area contributed by atoms with E-state index in [4.69, 9.17) is 20.5 Å². The Balaban J connectivity index is 2.16. The monoisotopic (exact) mass is 242 g/mol. The number of anilines is 1. The Bertz CT molecular complexity index is 642. The van der Waals surface area contributed by atoms with Crippen molar-refractivity contribution in [2.75, 3.05) is 18.9 Å². The van der Waals surface area contributed by atoms with Crippen LogP contribution in [-0.2, 0) is 0 Å². The summed E-state index contributed by atoms with van der Waals surface area (Å²) < 4.78 is 12.6. The third-order valence-electron chi connectivity index (χ3n) is 2.69. The summed E-state index contributed by atoms with van der Waals surface area (Å²) in [5.41, 5.74) is 7.13. The molecule has 1 aliphatic heterocycles. The molecule has 0 fully saturated rings. The number of nitrogens with zero attached hydrogens (tertiary/aromatic N) is 3. The molecule has 1 aliphatic rings. The highest BCUT2D eigenvalue weighted by Crippen LogP contribution is 2.36. The highest BCUT2D eigenvalue weighted by molar-refractivity contribution is 5.66. The Labute approximate surface area is 103 Å². The molecule has 6 nitrogen and oxygen atoms in total. The van der Waals surface area contributed by atoms with Gasteiger partial charge in [0, 0.05) is 24.5 Å². The second-order valence-corrected chi connectivity index (χ2v) is 3.79. The smallest absolute Gasteiger partial charge is 0.217 e. The van der Waals surface area contributed by atoms with E-state index in [-0.39, 0.29) is 5.82 Å². The van der Waals surface area contributed by atoms with Gasteiger partial charge in [0.2, 0.25) is 5.82 Å². The van der Waals surface area contributed by atoms with E-state index in [2.05, 4.69) is 4.98 Å². The molecule has 3 rings (SSSR count). The lowest BCUT2D eigenvalue weighted by Crippen LogP contribution is -2.16. The first-order valence-corrected chi connectivity index (χ1v) is 5.42. The van der Waals surface area contributed by atoms with Crippen LogP contribution in [0.5, 0.6) is 11.5 Å². The summed E-state index contributed by atoms with van der Waals surface area (Å²) in [7, 11) is 0. The van der Waals surface area contributed by atoms with Crippen LogP contribution >= 0.6 is 0 Å². The van der Waals surface area contributed by atoms with Crippen LogP contribution in [-0.4, -0.2) is 22.8 Å². The number of hydrogen-bond acceptors (Lipinski definition) is 5. The lowest BCUT2D eigenvalue weighted by Gasteiger charge is -2.20. The summed E-state index contributed by atoms with van der Waals surface area (Å²) in [6.45, 7) is 1.02. The van der Waals surface area contributed by atoms with E-state index >= 15 is 0 Å². The summed E-state index contributed by atoms with van der Waals surface area (Å²) >= 11 is 0. The van der Waals surface area contributed by atoms with E-state index in [1.807, 2.05) is 6.07 Å². The van der Waals surface area contributed by atoms with Gasteiger partial charge in [-0.1, -0.05) is 0 Å². The first-order chi connectivity index (χ1) is 8.79. The molecule has 1 aromatic carbocycles. The Morgan fingerprint density at radius 3 is 2.72 bits per heavy atom. The van der Waals surface area contributed by atoms with Crippen LogP contribution in [0.2, 0.25) is 0 Å². The van der Waals surface area contributed by atoms with Gasteiger partial charge in [0.15, 0.2) is 11.5 Å². The molecule has 18 heavy (non-hydrogen) atoms. The minimum atomic E-state index is 0.276. The van der Waals surface area contributed by atoms with Gasteiger partial charge in [0.1, 0.15) is 19.3 Å². The maximum atomic E-state index is 8.97. The number of aromatic nitrogens is 2. The largest absolute Gasteiger partial charge is 0.486 e. The van der Waals surface area contributed by atoms with Gasteiger partial charge >= 0.3 is 0 Å². The standard InChI is InChI=1S/C12H10N4O2/c13-7-12-15-1-2-16(12)9-6-11-10(5-8(9)14)17-3-4-18-11/h1-2,5-6H,3-4,14H2. The van der Waals surface area contributed by atoms with Gasteiger partial charge in [-0.3, -0.25) is 4.57 Å². The van der Waals surface area contributed by atoms with Crippen molar-refractivity contribution >= 4 is 5.69 Å². The van der Waals surface area contributed by atoms with Crippen molar-refractivity contribution < 1.29 is 9.47 Å². The molecule has 2 N–H and O–H groups in total. The van der Waals surface area contributed by atoms with Gasteiger partial charge in [0.05, 0.1) is 11.4 Å². The fraction of sp³-hybridized carbons (Fsp3) is 0.167. The van der Waals surface area contributed by atoms with Gasteiger partial charge in [-0.2, -0.15) is 5.26 Å². The number of fused-ring (bicyclic) bond motifs is 1. The summed E-state index contributed by atoms with van der Waals surface area (Å²) in [4.78, 5) is 3.94. The molecule has 1 aromatic heterocycles. The predicted molar refractivity (Wildman–Crippen MR) is 63.7 cm³/mol. The van der Waals surface area contributed by atoms with Crippen LogP contribution in [0.3, 0.4) is 0 Å². The van der Waals surface area contributed by atoms with Crippen LogP contribution in [0.1, 0.15) is 5.82 Å². The molecule has 2 aromatic rings. The average Bonchev–Trinajstić information content (AvgIpc) is 2.86. The Kier molecular flexibility index (Phi) is 2.31. The number of hydrogen-bond donors (Lipinski definition) is 1. The fourth-order valence-corrected chi connectivity index (χ4v) is 1.88. The van der Waals surface area contributed by atoms with Gasteiger partial charge in [-0.15, -0.1) is 0 Å². The molecular weight excluding hydrogens is 232 g/mol. The first kappa shape index (κ1) is 10.5. The Morgan fingerprint density at radius 1 is 1.28 bits per heavy atom. The molecule has 0 amide bonds. The predicted octanol–water partition coefficient (Wildman–Crippen LogP) is 1.10. The number of nitriles is 1. The molecule has 0 saturated carbocycles. The van der Waals surface area contributed by atoms with Crippen molar-refractivity contribution in [2.45, 2.75) is 0 Å². The molecule has 0 aliphatic carbocycles. The number of benzene rings is 1. The zero-order valence-electron chi connectivity index (χ0n) is 9.46. The molecule has 6 heteroatoms. The Hall–Kier alpha value is -2.68. The SMILES string of the molecule is N#Cc1nccn1-c1cc2c(cc1N)OCCO2. The van der Waals surface area contributed by atoms with Crippen molar-refractivity contribution in [3.63, 3.8) is 0 Å². The van der Waals surface area contributed by atoms with Gasteiger partial charge < -0.3 is 15.2 Å². The first-order valence-electron chi connectivity index (χ1n) is 5.42. The topological polar surface area (TPSA) is 86.1 Å². The van der Waals surface area contributed by atoms with Crippen molar-refractivity contribution in [1.29, 1.82) is 5.26 Å². The zero-order valence-corrected chi connectivity index (χ0v) is 9.46. The molecule has 0 saturated heterocycles. The third-order valence-corrected chi connectivity index (χ3v) is 2.69. The maximum Gasteiger partial charge on any atom is 0.217 e. The van der Waals surface area contributed by atoms with Gasteiger partial charge in [-0.25, -0.2) is 4.98 Å². The van der Waals surface area contributed by atoms with Crippen molar-refractivity contribution in [3.05, 3.63) is 30.4 Å². The maximum absolute atomic E-state index is 8.97. The molecular formula is C12H10N4O2.